The SMILES string of the molecule is C=P(CC(c1ccc(N)c2ccccc12)C(F)(F)F)(N1CC1)N1CC1. The lowest BCUT2D eigenvalue weighted by Gasteiger charge is -2.33. The zero-order valence-electron chi connectivity index (χ0n) is 13.8. The zero-order chi connectivity index (χ0) is 17.8. The van der Waals surface area contributed by atoms with Crippen LogP contribution in [0.1, 0.15) is 11.5 Å². The second kappa shape index (κ2) is 5.76. The van der Waals surface area contributed by atoms with Gasteiger partial charge < -0.3 is 5.73 Å². The lowest BCUT2D eigenvalue weighted by molar-refractivity contribution is -0.145. The first-order valence-electron chi connectivity index (χ1n) is 8.38. The van der Waals surface area contributed by atoms with Crippen LogP contribution in [0.3, 0.4) is 0 Å². The minimum atomic E-state index is -4.31. The Morgan fingerprint density at radius 2 is 1.56 bits per heavy atom. The van der Waals surface area contributed by atoms with Crippen LogP contribution in [0.2, 0.25) is 0 Å². The summed E-state index contributed by atoms with van der Waals surface area (Å²) in [6.45, 7) is 3.45. The number of rotatable bonds is 5. The molecule has 2 N–H and O–H groups in total. The fourth-order valence-electron chi connectivity index (χ4n) is 3.56. The van der Waals surface area contributed by atoms with Gasteiger partial charge in [-0.2, -0.15) is 13.2 Å². The minimum absolute atomic E-state index is 0.0460. The number of nitrogen functional groups attached to an aromatic ring is 1. The molecule has 0 bridgehead atoms. The molecule has 25 heavy (non-hydrogen) atoms. The highest BCUT2D eigenvalue weighted by Crippen LogP contribution is 2.63. The van der Waals surface area contributed by atoms with E-state index in [1.54, 1.807) is 36.4 Å². The van der Waals surface area contributed by atoms with E-state index in [1.165, 1.54) is 0 Å². The maximum absolute atomic E-state index is 14.1. The van der Waals surface area contributed by atoms with E-state index >= 15 is 0 Å². The molecular formula is C18H21F3N3P. The predicted octanol–water partition coefficient (Wildman–Crippen LogP) is 3.98. The van der Waals surface area contributed by atoms with Crippen LogP contribution in [0.5, 0.6) is 0 Å². The number of benzene rings is 2. The quantitative estimate of drug-likeness (QED) is 0.493. The average molecular weight is 367 g/mol. The van der Waals surface area contributed by atoms with E-state index in [2.05, 4.69) is 15.6 Å². The van der Waals surface area contributed by atoms with Crippen molar-refractivity contribution >= 4 is 29.9 Å². The van der Waals surface area contributed by atoms with E-state index in [4.69, 9.17) is 5.73 Å². The van der Waals surface area contributed by atoms with E-state index < -0.39 is 19.3 Å². The Balaban J connectivity index is 1.81. The summed E-state index contributed by atoms with van der Waals surface area (Å²) in [5.41, 5.74) is 6.80. The van der Waals surface area contributed by atoms with Crippen LogP contribution in [-0.4, -0.2) is 54.2 Å². The molecule has 2 saturated heterocycles. The van der Waals surface area contributed by atoms with Gasteiger partial charge in [0, 0.05) is 50.6 Å². The Morgan fingerprint density at radius 1 is 1.00 bits per heavy atom. The molecule has 1 atom stereocenters. The largest absolute Gasteiger partial charge is 0.398 e. The highest BCUT2D eigenvalue weighted by molar-refractivity contribution is 7.69. The van der Waals surface area contributed by atoms with Gasteiger partial charge in [0.25, 0.3) is 0 Å². The maximum atomic E-state index is 14.1. The van der Waals surface area contributed by atoms with Crippen molar-refractivity contribution in [2.45, 2.75) is 12.1 Å². The first kappa shape index (κ1) is 17.0. The fourth-order valence-corrected chi connectivity index (χ4v) is 7.04. The molecule has 2 heterocycles. The van der Waals surface area contributed by atoms with Crippen molar-refractivity contribution in [1.82, 2.24) is 9.34 Å². The molecule has 0 aliphatic carbocycles. The fraction of sp³-hybridized carbons (Fsp3) is 0.389. The first-order valence-corrected chi connectivity index (χ1v) is 10.4. The number of nitrogens with two attached hydrogens (primary N) is 1. The van der Waals surface area contributed by atoms with Crippen molar-refractivity contribution in [3.8, 4) is 0 Å². The average Bonchev–Trinajstić information content (AvgIpc) is 3.45. The van der Waals surface area contributed by atoms with Crippen molar-refractivity contribution in [3.63, 3.8) is 0 Å². The molecular weight excluding hydrogens is 346 g/mol. The van der Waals surface area contributed by atoms with Crippen LogP contribution in [0.15, 0.2) is 36.4 Å². The van der Waals surface area contributed by atoms with Crippen LogP contribution in [0.4, 0.5) is 18.9 Å². The summed E-state index contributed by atoms with van der Waals surface area (Å²) in [6.07, 6.45) is 0.0426. The number of hydrogen-bond donors (Lipinski definition) is 1. The van der Waals surface area contributed by atoms with Crippen molar-refractivity contribution in [2.75, 3.05) is 38.1 Å². The van der Waals surface area contributed by atoms with Gasteiger partial charge in [0.2, 0.25) is 0 Å². The molecule has 2 aromatic carbocycles. The lowest BCUT2D eigenvalue weighted by atomic mass is 9.93. The number of fused-ring (bicyclic) bond motifs is 1. The van der Waals surface area contributed by atoms with Crippen LogP contribution in [0.25, 0.3) is 10.8 Å². The summed E-state index contributed by atoms with van der Waals surface area (Å²) in [7, 11) is -2.13. The summed E-state index contributed by atoms with van der Waals surface area (Å²) in [4.78, 5) is 0. The van der Waals surface area contributed by atoms with Crippen molar-refractivity contribution < 1.29 is 13.2 Å². The Hall–Kier alpha value is -1.49. The minimum Gasteiger partial charge on any atom is -0.398 e. The van der Waals surface area contributed by atoms with E-state index in [0.717, 1.165) is 26.2 Å². The van der Waals surface area contributed by atoms with Crippen LogP contribution in [0, 0.1) is 0 Å². The molecule has 2 aliphatic rings. The number of anilines is 1. The number of halogens is 3. The Morgan fingerprint density at radius 3 is 2.08 bits per heavy atom. The third-order valence-electron chi connectivity index (χ3n) is 5.14. The molecule has 0 spiro atoms. The highest BCUT2D eigenvalue weighted by atomic mass is 31.2. The first-order chi connectivity index (χ1) is 11.8. The zero-order valence-corrected chi connectivity index (χ0v) is 14.7. The van der Waals surface area contributed by atoms with Gasteiger partial charge in [-0.05, 0) is 17.0 Å². The maximum Gasteiger partial charge on any atom is 0.396 e. The normalized spacial score (nSPS) is 20.0. The van der Waals surface area contributed by atoms with Crippen molar-refractivity contribution in [3.05, 3.63) is 42.0 Å². The van der Waals surface area contributed by atoms with Gasteiger partial charge in [-0.25, -0.2) is 0 Å². The van der Waals surface area contributed by atoms with Gasteiger partial charge in [0.05, 0.1) is 5.92 Å². The molecule has 0 aromatic heterocycles. The summed E-state index contributed by atoms with van der Waals surface area (Å²) in [6, 6.07) is 10.2. The summed E-state index contributed by atoms with van der Waals surface area (Å²) in [5.74, 6) is -1.52. The Bertz CT molecular complexity index is 840. The topological polar surface area (TPSA) is 32.0 Å². The van der Waals surface area contributed by atoms with E-state index in [1.807, 2.05) is 0 Å². The molecule has 134 valence electrons. The van der Waals surface area contributed by atoms with Gasteiger partial charge in [0.15, 0.2) is 0 Å². The van der Waals surface area contributed by atoms with Crippen LogP contribution >= 0.6 is 7.19 Å². The van der Waals surface area contributed by atoms with Crippen molar-refractivity contribution in [1.29, 1.82) is 0 Å². The molecule has 0 radical (unpaired) electrons. The monoisotopic (exact) mass is 367 g/mol. The molecule has 4 rings (SSSR count). The Labute approximate surface area is 145 Å². The second-order valence-electron chi connectivity index (χ2n) is 6.85. The van der Waals surface area contributed by atoms with E-state index in [-0.39, 0.29) is 6.16 Å². The molecule has 0 amide bonds. The predicted molar refractivity (Wildman–Crippen MR) is 99.2 cm³/mol. The highest BCUT2D eigenvalue weighted by Gasteiger charge is 2.49. The Kier molecular flexibility index (Phi) is 3.91. The molecule has 0 saturated carbocycles. The molecule has 2 aromatic rings. The smallest absolute Gasteiger partial charge is 0.396 e. The van der Waals surface area contributed by atoms with E-state index in [0.29, 0.717) is 22.0 Å². The van der Waals surface area contributed by atoms with Gasteiger partial charge in [0.1, 0.15) is 0 Å². The van der Waals surface area contributed by atoms with Gasteiger partial charge >= 0.3 is 6.18 Å². The molecule has 2 aliphatic heterocycles. The second-order valence-corrected chi connectivity index (χ2v) is 10.1. The summed E-state index contributed by atoms with van der Waals surface area (Å²) in [5, 5.41) is 1.27. The number of nitrogens with zero attached hydrogens (tertiary/aromatic N) is 2. The molecule has 1 unspecified atom stereocenters. The third-order valence-corrected chi connectivity index (χ3v) is 8.99. The van der Waals surface area contributed by atoms with Crippen LogP contribution < -0.4 is 5.73 Å². The van der Waals surface area contributed by atoms with Gasteiger partial charge in [-0.3, -0.25) is 9.34 Å². The number of alkyl halides is 3. The summed E-state index contributed by atoms with van der Waals surface area (Å²) >= 11 is 0. The number of hydrogen-bond acceptors (Lipinski definition) is 3. The standard InChI is InChI=1S/C18H21F3N3P/c1-25(23-8-9-23,24-10-11-24)12-16(18(19,20)21)14-6-7-17(22)15-5-3-2-4-13(14)15/h2-7,16H,1,8-12,22H2. The molecule has 2 fully saturated rings. The molecule has 3 nitrogen and oxygen atoms in total. The van der Waals surface area contributed by atoms with E-state index in [9.17, 15) is 13.2 Å². The van der Waals surface area contributed by atoms with Crippen LogP contribution in [-0.2, 0) is 0 Å². The van der Waals surface area contributed by atoms with Gasteiger partial charge in [-0.15, -0.1) is 0 Å². The lowest BCUT2D eigenvalue weighted by Crippen LogP contribution is -2.27. The third kappa shape index (κ3) is 3.07. The van der Waals surface area contributed by atoms with Crippen molar-refractivity contribution in [2.24, 2.45) is 0 Å². The summed E-state index contributed by atoms with van der Waals surface area (Å²) < 4.78 is 46.4. The van der Waals surface area contributed by atoms with Gasteiger partial charge in [-0.1, -0.05) is 36.6 Å². The molecule has 7 heteroatoms.